The Labute approximate surface area is 199 Å². The van der Waals surface area contributed by atoms with Crippen LogP contribution in [0.1, 0.15) is 39.2 Å². The first-order chi connectivity index (χ1) is 14.1. The van der Waals surface area contributed by atoms with Crippen LogP contribution in [0.2, 0.25) is 0 Å². The molecule has 0 saturated carbocycles. The molecule has 1 aromatic rings. The second-order valence-electron chi connectivity index (χ2n) is 8.09. The molecule has 1 aliphatic heterocycles. The number of carbonyl (C=O) groups is 1. The average Bonchev–Trinajstić information content (AvgIpc) is 3.07. The van der Waals surface area contributed by atoms with Crippen molar-refractivity contribution in [3.05, 3.63) is 35.9 Å². The number of ether oxygens (including phenoxy) is 1. The summed E-state index contributed by atoms with van der Waals surface area (Å²) in [4.78, 5) is 19.0. The molecule has 2 rings (SSSR count). The molecule has 1 aliphatic rings. The predicted molar refractivity (Wildman–Crippen MR) is 135 cm³/mol. The number of benzene rings is 1. The SMILES string of the molecule is CCNC(=NCC1CC(=O)N(CCc2ccccc2)C1)NCCOCCC(C)C.I. The molecular weight excluding hydrogens is 491 g/mol. The molecule has 2 N–H and O–H groups in total. The number of hydrogen-bond donors (Lipinski definition) is 2. The Balaban J connectivity index is 0.00000450. The maximum Gasteiger partial charge on any atom is 0.223 e. The van der Waals surface area contributed by atoms with Crippen LogP contribution in [0.25, 0.3) is 0 Å². The van der Waals surface area contributed by atoms with Gasteiger partial charge in [0.2, 0.25) is 5.91 Å². The summed E-state index contributed by atoms with van der Waals surface area (Å²) in [5, 5.41) is 6.59. The fourth-order valence-corrected chi connectivity index (χ4v) is 3.33. The summed E-state index contributed by atoms with van der Waals surface area (Å²) < 4.78 is 5.65. The van der Waals surface area contributed by atoms with Crippen LogP contribution in [0, 0.1) is 11.8 Å². The molecular formula is C23H39IN4O2. The first kappa shape index (κ1) is 26.7. The molecule has 0 radical (unpaired) electrons. The largest absolute Gasteiger partial charge is 0.380 e. The molecule has 1 atom stereocenters. The summed E-state index contributed by atoms with van der Waals surface area (Å²) in [6.07, 6.45) is 2.59. The molecule has 1 fully saturated rings. The van der Waals surface area contributed by atoms with Gasteiger partial charge in [0.25, 0.3) is 0 Å². The standard InChI is InChI=1S/C23H38N4O2.HI/c1-4-24-23(25-12-15-29-14-11-19(2)3)26-17-21-16-22(28)27(18-21)13-10-20-8-6-5-7-9-20;/h5-9,19,21H,4,10-18H2,1-3H3,(H2,24,25,26);1H. The summed E-state index contributed by atoms with van der Waals surface area (Å²) in [6, 6.07) is 10.3. The second kappa shape index (κ2) is 15.5. The van der Waals surface area contributed by atoms with Crippen LogP contribution in [-0.2, 0) is 16.0 Å². The third-order valence-electron chi connectivity index (χ3n) is 5.04. The molecule has 1 amide bonds. The predicted octanol–water partition coefficient (Wildman–Crippen LogP) is 3.31. The van der Waals surface area contributed by atoms with Gasteiger partial charge in [-0.25, -0.2) is 0 Å². The molecule has 0 bridgehead atoms. The number of nitrogens with zero attached hydrogens (tertiary/aromatic N) is 2. The molecule has 0 aromatic heterocycles. The van der Waals surface area contributed by atoms with Gasteiger partial charge in [0.05, 0.1) is 6.61 Å². The third kappa shape index (κ3) is 10.6. The number of aliphatic imine (C=N–C) groups is 1. The first-order valence-electron chi connectivity index (χ1n) is 11.0. The molecule has 1 heterocycles. The Bertz CT molecular complexity index is 625. The number of amides is 1. The van der Waals surface area contributed by atoms with Gasteiger partial charge in [-0.05, 0) is 31.2 Å². The van der Waals surface area contributed by atoms with E-state index in [0.29, 0.717) is 25.5 Å². The number of halogens is 1. The quantitative estimate of drug-likeness (QED) is 0.188. The van der Waals surface area contributed by atoms with E-state index in [-0.39, 0.29) is 35.8 Å². The zero-order valence-corrected chi connectivity index (χ0v) is 21.1. The number of nitrogens with one attached hydrogen (secondary N) is 2. The van der Waals surface area contributed by atoms with Gasteiger partial charge >= 0.3 is 0 Å². The number of likely N-dealkylation sites (tertiary alicyclic amines) is 1. The average molecular weight is 530 g/mol. The van der Waals surface area contributed by atoms with Gasteiger partial charge in [-0.2, -0.15) is 0 Å². The van der Waals surface area contributed by atoms with E-state index in [2.05, 4.69) is 48.5 Å². The number of rotatable bonds is 12. The highest BCUT2D eigenvalue weighted by atomic mass is 127. The van der Waals surface area contributed by atoms with Gasteiger partial charge in [-0.1, -0.05) is 44.2 Å². The lowest BCUT2D eigenvalue weighted by Gasteiger charge is -2.16. The summed E-state index contributed by atoms with van der Waals surface area (Å²) in [5.74, 6) is 2.01. The molecule has 6 nitrogen and oxygen atoms in total. The van der Waals surface area contributed by atoms with Gasteiger partial charge in [-0.3, -0.25) is 9.79 Å². The lowest BCUT2D eigenvalue weighted by atomic mass is 10.1. The highest BCUT2D eigenvalue weighted by Crippen LogP contribution is 2.18. The van der Waals surface area contributed by atoms with Gasteiger partial charge in [0, 0.05) is 51.7 Å². The summed E-state index contributed by atoms with van der Waals surface area (Å²) in [6.45, 7) is 11.7. The van der Waals surface area contributed by atoms with Crippen LogP contribution < -0.4 is 10.6 Å². The van der Waals surface area contributed by atoms with E-state index in [1.54, 1.807) is 0 Å². The van der Waals surface area contributed by atoms with E-state index in [4.69, 9.17) is 4.74 Å². The monoisotopic (exact) mass is 530 g/mol. The summed E-state index contributed by atoms with van der Waals surface area (Å²) in [7, 11) is 0. The van der Waals surface area contributed by atoms with Crippen molar-refractivity contribution in [3.8, 4) is 0 Å². The molecule has 7 heteroatoms. The van der Waals surface area contributed by atoms with Crippen molar-refractivity contribution in [3.63, 3.8) is 0 Å². The minimum atomic E-state index is 0. The van der Waals surface area contributed by atoms with Crippen molar-refractivity contribution in [2.24, 2.45) is 16.8 Å². The highest BCUT2D eigenvalue weighted by Gasteiger charge is 2.28. The van der Waals surface area contributed by atoms with Crippen molar-refractivity contribution >= 4 is 35.8 Å². The molecule has 170 valence electrons. The Morgan fingerprint density at radius 3 is 2.70 bits per heavy atom. The lowest BCUT2D eigenvalue weighted by Crippen LogP contribution is -2.39. The van der Waals surface area contributed by atoms with Gasteiger partial charge in [0.15, 0.2) is 5.96 Å². The van der Waals surface area contributed by atoms with E-state index in [9.17, 15) is 4.79 Å². The first-order valence-corrected chi connectivity index (χ1v) is 11.0. The molecule has 0 spiro atoms. The van der Waals surface area contributed by atoms with Gasteiger partial charge in [0.1, 0.15) is 0 Å². The minimum absolute atomic E-state index is 0. The van der Waals surface area contributed by atoms with E-state index >= 15 is 0 Å². The van der Waals surface area contributed by atoms with Gasteiger partial charge < -0.3 is 20.3 Å². The third-order valence-corrected chi connectivity index (χ3v) is 5.04. The van der Waals surface area contributed by atoms with Crippen molar-refractivity contribution in [2.45, 2.75) is 40.0 Å². The maximum absolute atomic E-state index is 12.3. The van der Waals surface area contributed by atoms with Crippen molar-refractivity contribution in [1.29, 1.82) is 0 Å². The minimum Gasteiger partial charge on any atom is -0.380 e. The van der Waals surface area contributed by atoms with E-state index in [1.807, 2.05) is 23.1 Å². The Morgan fingerprint density at radius 1 is 1.23 bits per heavy atom. The second-order valence-corrected chi connectivity index (χ2v) is 8.09. The van der Waals surface area contributed by atoms with Crippen molar-refractivity contribution < 1.29 is 9.53 Å². The van der Waals surface area contributed by atoms with Crippen LogP contribution in [0.5, 0.6) is 0 Å². The highest BCUT2D eigenvalue weighted by molar-refractivity contribution is 14.0. The summed E-state index contributed by atoms with van der Waals surface area (Å²) >= 11 is 0. The molecule has 30 heavy (non-hydrogen) atoms. The van der Waals surface area contributed by atoms with Crippen LogP contribution >= 0.6 is 24.0 Å². The Hall–Kier alpha value is -1.35. The van der Waals surface area contributed by atoms with Crippen LogP contribution in [0.15, 0.2) is 35.3 Å². The maximum atomic E-state index is 12.3. The molecule has 1 aromatic carbocycles. The van der Waals surface area contributed by atoms with E-state index in [1.165, 1.54) is 5.56 Å². The van der Waals surface area contributed by atoms with E-state index < -0.39 is 0 Å². The zero-order valence-electron chi connectivity index (χ0n) is 18.7. The lowest BCUT2D eigenvalue weighted by molar-refractivity contribution is -0.127. The smallest absolute Gasteiger partial charge is 0.223 e. The molecule has 1 saturated heterocycles. The summed E-state index contributed by atoms with van der Waals surface area (Å²) in [5.41, 5.74) is 1.27. The fourth-order valence-electron chi connectivity index (χ4n) is 3.33. The molecule has 1 unspecified atom stereocenters. The Morgan fingerprint density at radius 2 is 2.00 bits per heavy atom. The normalized spacial score (nSPS) is 16.7. The Kier molecular flexibility index (Phi) is 13.7. The number of guanidine groups is 1. The van der Waals surface area contributed by atoms with Crippen molar-refractivity contribution in [1.82, 2.24) is 15.5 Å². The van der Waals surface area contributed by atoms with Crippen molar-refractivity contribution in [2.75, 3.05) is 45.9 Å². The van der Waals surface area contributed by atoms with Crippen LogP contribution in [0.3, 0.4) is 0 Å². The number of carbonyl (C=O) groups excluding carboxylic acids is 1. The van der Waals surface area contributed by atoms with E-state index in [0.717, 1.165) is 51.6 Å². The van der Waals surface area contributed by atoms with Gasteiger partial charge in [-0.15, -0.1) is 24.0 Å². The van der Waals surface area contributed by atoms with Crippen LogP contribution in [-0.4, -0.2) is 62.7 Å². The molecule has 0 aliphatic carbocycles. The number of hydrogen-bond acceptors (Lipinski definition) is 3. The zero-order chi connectivity index (χ0) is 20.9. The topological polar surface area (TPSA) is 66.0 Å². The van der Waals surface area contributed by atoms with Crippen LogP contribution in [0.4, 0.5) is 0 Å². The fraction of sp³-hybridized carbons (Fsp3) is 0.652.